The first-order valence-electron chi connectivity index (χ1n) is 6.32. The molecular weight excluding hydrogens is 278 g/mol. The van der Waals surface area contributed by atoms with E-state index < -0.39 is 0 Å². The van der Waals surface area contributed by atoms with E-state index >= 15 is 0 Å². The molecule has 0 fully saturated rings. The maximum absolute atomic E-state index is 5.37. The van der Waals surface area contributed by atoms with Gasteiger partial charge in [-0.3, -0.25) is 0 Å². The van der Waals surface area contributed by atoms with E-state index in [0.29, 0.717) is 48.7 Å². The number of furan rings is 1. The molecule has 0 unspecified atom stereocenters. The summed E-state index contributed by atoms with van der Waals surface area (Å²) in [6.45, 7) is 3.21. The van der Waals surface area contributed by atoms with E-state index in [4.69, 9.17) is 13.7 Å². The Morgan fingerprint density at radius 2 is 2.24 bits per heavy atom. The summed E-state index contributed by atoms with van der Waals surface area (Å²) in [7, 11) is 0. The molecule has 110 valence electrons. The fourth-order valence-electron chi connectivity index (χ4n) is 1.60. The van der Waals surface area contributed by atoms with Gasteiger partial charge in [0, 0.05) is 6.54 Å². The number of aryl methyl sites for hydroxylation is 1. The first-order valence-corrected chi connectivity index (χ1v) is 6.32. The number of rotatable bonds is 7. The Kier molecular flexibility index (Phi) is 3.92. The van der Waals surface area contributed by atoms with Gasteiger partial charge in [0.2, 0.25) is 11.7 Å². The van der Waals surface area contributed by atoms with Crippen LogP contribution in [0, 0.1) is 6.92 Å². The van der Waals surface area contributed by atoms with Crippen molar-refractivity contribution in [1.29, 1.82) is 0 Å². The summed E-state index contributed by atoms with van der Waals surface area (Å²) in [4.78, 5) is 4.20. The van der Waals surface area contributed by atoms with Gasteiger partial charge in [-0.05, 0) is 24.2 Å². The first kappa shape index (κ1) is 13.3. The highest BCUT2D eigenvalue weighted by molar-refractivity contribution is 5.44. The van der Waals surface area contributed by atoms with Crippen LogP contribution in [-0.2, 0) is 6.54 Å². The van der Waals surface area contributed by atoms with Gasteiger partial charge in [-0.1, -0.05) is 10.3 Å². The van der Waals surface area contributed by atoms with Crippen molar-refractivity contribution < 1.29 is 18.3 Å². The van der Waals surface area contributed by atoms with Gasteiger partial charge in [0.1, 0.15) is 12.3 Å². The molecule has 21 heavy (non-hydrogen) atoms. The molecule has 1 N–H and O–H groups in total. The van der Waals surface area contributed by atoms with E-state index in [2.05, 4.69) is 30.4 Å². The van der Waals surface area contributed by atoms with Crippen LogP contribution in [0.1, 0.15) is 11.6 Å². The van der Waals surface area contributed by atoms with Gasteiger partial charge < -0.3 is 19.0 Å². The van der Waals surface area contributed by atoms with E-state index in [-0.39, 0.29) is 0 Å². The lowest BCUT2D eigenvalue weighted by Crippen LogP contribution is -2.21. The van der Waals surface area contributed by atoms with Gasteiger partial charge in [-0.25, -0.2) is 4.63 Å². The van der Waals surface area contributed by atoms with Crippen LogP contribution in [0.2, 0.25) is 0 Å². The molecule has 0 aromatic carbocycles. The summed E-state index contributed by atoms with van der Waals surface area (Å²) < 4.78 is 20.2. The Balaban J connectivity index is 1.41. The number of ether oxygens (including phenoxy) is 1. The lowest BCUT2D eigenvalue weighted by molar-refractivity contribution is 0.253. The number of nitrogens with one attached hydrogen (secondary N) is 1. The molecule has 0 amide bonds. The van der Waals surface area contributed by atoms with Gasteiger partial charge in [-0.15, -0.1) is 0 Å². The van der Waals surface area contributed by atoms with Gasteiger partial charge >= 0.3 is 0 Å². The van der Waals surface area contributed by atoms with Crippen molar-refractivity contribution in [3.8, 4) is 17.5 Å². The van der Waals surface area contributed by atoms with Crippen LogP contribution in [0.5, 0.6) is 5.88 Å². The second-order valence-electron chi connectivity index (χ2n) is 4.17. The maximum Gasteiger partial charge on any atom is 0.278 e. The quantitative estimate of drug-likeness (QED) is 0.641. The lowest BCUT2D eigenvalue weighted by atomic mass is 10.4. The third-order valence-electron chi connectivity index (χ3n) is 2.61. The van der Waals surface area contributed by atoms with Crippen LogP contribution in [0.15, 0.2) is 32.0 Å². The van der Waals surface area contributed by atoms with E-state index in [9.17, 15) is 0 Å². The molecule has 0 aliphatic heterocycles. The Morgan fingerprint density at radius 1 is 1.29 bits per heavy atom. The van der Waals surface area contributed by atoms with E-state index in [1.165, 1.54) is 0 Å². The van der Waals surface area contributed by atoms with Crippen LogP contribution >= 0.6 is 0 Å². The van der Waals surface area contributed by atoms with Crippen molar-refractivity contribution in [1.82, 2.24) is 25.8 Å². The summed E-state index contributed by atoms with van der Waals surface area (Å²) >= 11 is 0. The molecule has 0 saturated heterocycles. The molecule has 3 rings (SSSR count). The molecule has 0 saturated carbocycles. The number of hydrogen-bond acceptors (Lipinski definition) is 9. The zero-order valence-electron chi connectivity index (χ0n) is 11.3. The largest absolute Gasteiger partial charge is 0.473 e. The average Bonchev–Trinajstić information content (AvgIpc) is 3.19. The topological polar surface area (TPSA) is 112 Å². The zero-order chi connectivity index (χ0) is 14.5. The second-order valence-corrected chi connectivity index (χ2v) is 4.17. The summed E-state index contributed by atoms with van der Waals surface area (Å²) in [6.07, 6.45) is 1.56. The predicted octanol–water partition coefficient (Wildman–Crippen LogP) is 1.19. The molecule has 0 atom stereocenters. The molecule has 9 nitrogen and oxygen atoms in total. The summed E-state index contributed by atoms with van der Waals surface area (Å²) in [6, 6.07) is 3.53. The Labute approximate surface area is 119 Å². The number of hydrogen-bond donors (Lipinski definition) is 1. The van der Waals surface area contributed by atoms with E-state index in [1.54, 1.807) is 25.3 Å². The standard InChI is InChI=1S/C12H13N5O4/c1-8-12(17-21-15-8)19-6-4-13-7-10-14-11(16-20-10)9-3-2-5-18-9/h2-3,5,13H,4,6-7H2,1H3. The zero-order valence-corrected chi connectivity index (χ0v) is 11.3. The Hall–Kier alpha value is -2.68. The molecule has 3 aromatic heterocycles. The Morgan fingerprint density at radius 3 is 3.00 bits per heavy atom. The number of aromatic nitrogens is 4. The van der Waals surface area contributed by atoms with Crippen LogP contribution in [0.25, 0.3) is 11.6 Å². The molecule has 0 bridgehead atoms. The Bertz CT molecular complexity index is 675. The predicted molar refractivity (Wildman–Crippen MR) is 68.2 cm³/mol. The molecule has 3 heterocycles. The van der Waals surface area contributed by atoms with Crippen LogP contribution < -0.4 is 10.1 Å². The van der Waals surface area contributed by atoms with Crippen LogP contribution in [-0.4, -0.2) is 33.6 Å². The molecule has 0 radical (unpaired) electrons. The molecule has 0 spiro atoms. The van der Waals surface area contributed by atoms with Crippen molar-refractivity contribution >= 4 is 0 Å². The monoisotopic (exact) mass is 291 g/mol. The summed E-state index contributed by atoms with van der Waals surface area (Å²) in [5.74, 6) is 1.87. The second kappa shape index (κ2) is 6.18. The van der Waals surface area contributed by atoms with Crippen molar-refractivity contribution in [2.45, 2.75) is 13.5 Å². The fraction of sp³-hybridized carbons (Fsp3) is 0.333. The highest BCUT2D eigenvalue weighted by Crippen LogP contribution is 2.15. The molecular formula is C12H13N5O4. The highest BCUT2D eigenvalue weighted by Gasteiger charge is 2.10. The third-order valence-corrected chi connectivity index (χ3v) is 2.61. The third kappa shape index (κ3) is 3.26. The minimum atomic E-state index is 0.398. The van der Waals surface area contributed by atoms with Crippen molar-refractivity contribution in [2.24, 2.45) is 0 Å². The van der Waals surface area contributed by atoms with Crippen LogP contribution in [0.3, 0.4) is 0 Å². The SMILES string of the molecule is Cc1nonc1OCCNCc1nc(-c2ccco2)no1. The number of nitrogens with zero attached hydrogens (tertiary/aromatic N) is 4. The van der Waals surface area contributed by atoms with E-state index in [0.717, 1.165) is 0 Å². The average molecular weight is 291 g/mol. The maximum atomic E-state index is 5.37. The normalized spacial score (nSPS) is 10.9. The summed E-state index contributed by atoms with van der Waals surface area (Å²) in [5, 5.41) is 14.2. The van der Waals surface area contributed by atoms with Crippen molar-refractivity contribution in [3.05, 3.63) is 30.0 Å². The minimum absolute atomic E-state index is 0.398. The molecule has 3 aromatic rings. The minimum Gasteiger partial charge on any atom is -0.473 e. The highest BCUT2D eigenvalue weighted by atomic mass is 16.6. The van der Waals surface area contributed by atoms with Gasteiger partial charge in [0.15, 0.2) is 5.76 Å². The van der Waals surface area contributed by atoms with Gasteiger partial charge in [0.25, 0.3) is 5.88 Å². The van der Waals surface area contributed by atoms with E-state index in [1.807, 2.05) is 0 Å². The smallest absolute Gasteiger partial charge is 0.278 e. The summed E-state index contributed by atoms with van der Waals surface area (Å²) in [5.41, 5.74) is 0.620. The van der Waals surface area contributed by atoms with Crippen LogP contribution in [0.4, 0.5) is 0 Å². The molecule has 0 aliphatic carbocycles. The first-order chi connectivity index (χ1) is 10.3. The van der Waals surface area contributed by atoms with Gasteiger partial charge in [-0.2, -0.15) is 4.98 Å². The molecule has 0 aliphatic rings. The van der Waals surface area contributed by atoms with Gasteiger partial charge in [0.05, 0.1) is 12.8 Å². The lowest BCUT2D eigenvalue weighted by Gasteiger charge is -2.02. The fourth-order valence-corrected chi connectivity index (χ4v) is 1.60. The van der Waals surface area contributed by atoms with Crippen molar-refractivity contribution in [2.75, 3.05) is 13.2 Å². The van der Waals surface area contributed by atoms with Crippen molar-refractivity contribution in [3.63, 3.8) is 0 Å². The molecule has 9 heteroatoms.